The van der Waals surface area contributed by atoms with E-state index in [0.29, 0.717) is 6.54 Å². The summed E-state index contributed by atoms with van der Waals surface area (Å²) in [6.45, 7) is 2.72. The molecule has 1 aliphatic carbocycles. The molecular weight excluding hydrogens is 274 g/mol. The molecule has 0 spiro atoms. The van der Waals surface area contributed by atoms with E-state index in [1.807, 2.05) is 59.4 Å². The largest absolute Gasteiger partial charge is 0.341 e. The van der Waals surface area contributed by atoms with Crippen molar-refractivity contribution in [2.24, 2.45) is 5.41 Å². The first kappa shape index (κ1) is 14.8. The molecule has 1 fully saturated rings. The minimum atomic E-state index is -0.163. The summed E-state index contributed by atoms with van der Waals surface area (Å²) in [5.41, 5.74) is 1.93. The highest BCUT2D eigenvalue weighted by Gasteiger charge is 2.38. The third-order valence-electron chi connectivity index (χ3n) is 4.65. The van der Waals surface area contributed by atoms with Gasteiger partial charge in [0.25, 0.3) is 0 Å². The van der Waals surface area contributed by atoms with Crippen LogP contribution in [0.1, 0.15) is 38.2 Å². The Morgan fingerprint density at radius 1 is 1.27 bits per heavy atom. The van der Waals surface area contributed by atoms with E-state index in [9.17, 15) is 4.79 Å². The summed E-state index contributed by atoms with van der Waals surface area (Å²) in [7, 11) is 1.89. The van der Waals surface area contributed by atoms with Crippen LogP contribution >= 0.6 is 0 Å². The van der Waals surface area contributed by atoms with Crippen LogP contribution < -0.4 is 0 Å². The van der Waals surface area contributed by atoms with Crippen molar-refractivity contribution in [3.05, 3.63) is 48.3 Å². The molecule has 0 N–H and O–H groups in total. The Morgan fingerprint density at radius 2 is 1.95 bits per heavy atom. The SMILES string of the molecule is CN(Cc1cnn(-c2ccccc2)c1)C(=O)C1(C)CCCC1. The second kappa shape index (κ2) is 5.95. The van der Waals surface area contributed by atoms with Crippen molar-refractivity contribution in [3.63, 3.8) is 0 Å². The molecule has 22 heavy (non-hydrogen) atoms. The fourth-order valence-electron chi connectivity index (χ4n) is 3.34. The molecular formula is C18H23N3O. The normalized spacial score (nSPS) is 16.6. The molecule has 0 unspecified atom stereocenters. The molecule has 0 atom stereocenters. The maximum Gasteiger partial charge on any atom is 0.228 e. The summed E-state index contributed by atoms with van der Waals surface area (Å²) >= 11 is 0. The molecule has 0 aliphatic heterocycles. The van der Waals surface area contributed by atoms with Gasteiger partial charge in [-0.15, -0.1) is 0 Å². The molecule has 0 radical (unpaired) electrons. The highest BCUT2D eigenvalue weighted by atomic mass is 16.2. The number of benzene rings is 1. The van der Waals surface area contributed by atoms with E-state index in [-0.39, 0.29) is 11.3 Å². The van der Waals surface area contributed by atoms with Gasteiger partial charge in [0.05, 0.1) is 11.9 Å². The lowest BCUT2D eigenvalue weighted by Gasteiger charge is -2.28. The van der Waals surface area contributed by atoms with E-state index in [2.05, 4.69) is 12.0 Å². The van der Waals surface area contributed by atoms with Gasteiger partial charge in [0.1, 0.15) is 0 Å². The second-order valence-electron chi connectivity index (χ2n) is 6.56. The molecule has 2 aromatic rings. The van der Waals surface area contributed by atoms with Crippen molar-refractivity contribution < 1.29 is 4.79 Å². The van der Waals surface area contributed by atoms with Crippen LogP contribution in [0.15, 0.2) is 42.7 Å². The van der Waals surface area contributed by atoms with E-state index in [1.54, 1.807) is 0 Å². The molecule has 1 aliphatic rings. The Morgan fingerprint density at radius 3 is 2.64 bits per heavy atom. The minimum Gasteiger partial charge on any atom is -0.341 e. The maximum absolute atomic E-state index is 12.6. The van der Waals surface area contributed by atoms with Gasteiger partial charge in [-0.25, -0.2) is 4.68 Å². The van der Waals surface area contributed by atoms with Crippen molar-refractivity contribution in [2.75, 3.05) is 7.05 Å². The molecule has 116 valence electrons. The Bertz CT molecular complexity index is 641. The van der Waals surface area contributed by atoms with E-state index in [1.165, 1.54) is 12.8 Å². The Labute approximate surface area is 131 Å². The average molecular weight is 297 g/mol. The van der Waals surface area contributed by atoms with E-state index in [0.717, 1.165) is 24.1 Å². The molecule has 0 saturated heterocycles. The zero-order valence-electron chi connectivity index (χ0n) is 13.3. The van der Waals surface area contributed by atoms with Crippen LogP contribution in [0.4, 0.5) is 0 Å². The highest BCUT2D eigenvalue weighted by molar-refractivity contribution is 5.82. The quantitative estimate of drug-likeness (QED) is 0.867. The standard InChI is InChI=1S/C18H23N3O/c1-18(10-6-7-11-18)17(22)20(2)13-15-12-19-21(14-15)16-8-4-3-5-9-16/h3-5,8-9,12,14H,6-7,10-11,13H2,1-2H3. The zero-order chi connectivity index (χ0) is 15.6. The molecule has 1 aromatic heterocycles. The lowest BCUT2D eigenvalue weighted by molar-refractivity contribution is -0.140. The van der Waals surface area contributed by atoms with Gasteiger partial charge in [-0.3, -0.25) is 4.79 Å². The molecule has 1 heterocycles. The predicted octanol–water partition coefficient (Wildman–Crippen LogP) is 3.41. The molecule has 4 heteroatoms. The second-order valence-corrected chi connectivity index (χ2v) is 6.56. The van der Waals surface area contributed by atoms with Gasteiger partial charge in [0, 0.05) is 30.8 Å². The number of hydrogen-bond donors (Lipinski definition) is 0. The monoisotopic (exact) mass is 297 g/mol. The zero-order valence-corrected chi connectivity index (χ0v) is 13.3. The minimum absolute atomic E-state index is 0.163. The number of amides is 1. The number of carbonyl (C=O) groups excluding carboxylic acids is 1. The molecule has 1 saturated carbocycles. The fraction of sp³-hybridized carbons (Fsp3) is 0.444. The van der Waals surface area contributed by atoms with Crippen molar-refractivity contribution >= 4 is 5.91 Å². The van der Waals surface area contributed by atoms with Crippen LogP contribution in [-0.2, 0) is 11.3 Å². The lowest BCUT2D eigenvalue weighted by atomic mass is 9.87. The Hall–Kier alpha value is -2.10. The van der Waals surface area contributed by atoms with Crippen LogP contribution in [0, 0.1) is 5.41 Å². The molecule has 0 bridgehead atoms. The third-order valence-corrected chi connectivity index (χ3v) is 4.65. The van der Waals surface area contributed by atoms with Crippen molar-refractivity contribution in [1.29, 1.82) is 0 Å². The van der Waals surface area contributed by atoms with E-state index in [4.69, 9.17) is 0 Å². The highest BCUT2D eigenvalue weighted by Crippen LogP contribution is 2.39. The number of para-hydroxylation sites is 1. The van der Waals surface area contributed by atoms with Gasteiger partial charge in [0.2, 0.25) is 5.91 Å². The first-order valence-electron chi connectivity index (χ1n) is 7.93. The van der Waals surface area contributed by atoms with Crippen molar-refractivity contribution in [1.82, 2.24) is 14.7 Å². The average Bonchev–Trinajstić information content (AvgIpc) is 3.17. The number of carbonyl (C=O) groups is 1. The van der Waals surface area contributed by atoms with Crippen LogP contribution in [0.25, 0.3) is 5.69 Å². The summed E-state index contributed by atoms with van der Waals surface area (Å²) in [5.74, 6) is 0.262. The van der Waals surface area contributed by atoms with Gasteiger partial charge in [-0.2, -0.15) is 5.10 Å². The molecule has 1 amide bonds. The Kier molecular flexibility index (Phi) is 4.01. The van der Waals surface area contributed by atoms with Gasteiger partial charge < -0.3 is 4.90 Å². The lowest BCUT2D eigenvalue weighted by Crippen LogP contribution is -2.38. The van der Waals surface area contributed by atoms with E-state index >= 15 is 0 Å². The summed E-state index contributed by atoms with van der Waals surface area (Å²) in [6, 6.07) is 10.0. The first-order valence-corrected chi connectivity index (χ1v) is 7.93. The summed E-state index contributed by atoms with van der Waals surface area (Å²) in [5, 5.41) is 4.39. The first-order chi connectivity index (χ1) is 10.6. The van der Waals surface area contributed by atoms with Crippen LogP contribution in [0.3, 0.4) is 0 Å². The molecule has 4 nitrogen and oxygen atoms in total. The number of hydrogen-bond acceptors (Lipinski definition) is 2. The predicted molar refractivity (Wildman–Crippen MR) is 86.6 cm³/mol. The number of nitrogens with zero attached hydrogens (tertiary/aromatic N) is 3. The van der Waals surface area contributed by atoms with Crippen LogP contribution in [0.5, 0.6) is 0 Å². The Balaban J connectivity index is 1.68. The van der Waals surface area contributed by atoms with Crippen LogP contribution in [0.2, 0.25) is 0 Å². The summed E-state index contributed by atoms with van der Waals surface area (Å²) in [4.78, 5) is 14.5. The summed E-state index contributed by atoms with van der Waals surface area (Å²) in [6.07, 6.45) is 8.20. The molecule has 3 rings (SSSR count). The van der Waals surface area contributed by atoms with Gasteiger partial charge in [-0.05, 0) is 25.0 Å². The number of aromatic nitrogens is 2. The van der Waals surface area contributed by atoms with Crippen molar-refractivity contribution in [3.8, 4) is 5.69 Å². The number of rotatable bonds is 4. The van der Waals surface area contributed by atoms with Gasteiger partial charge >= 0.3 is 0 Å². The topological polar surface area (TPSA) is 38.1 Å². The van der Waals surface area contributed by atoms with Gasteiger partial charge in [-0.1, -0.05) is 38.0 Å². The smallest absolute Gasteiger partial charge is 0.228 e. The fourth-order valence-corrected chi connectivity index (χ4v) is 3.34. The van der Waals surface area contributed by atoms with E-state index < -0.39 is 0 Å². The third kappa shape index (κ3) is 2.91. The molecule has 1 aromatic carbocycles. The van der Waals surface area contributed by atoms with Crippen molar-refractivity contribution in [2.45, 2.75) is 39.2 Å². The van der Waals surface area contributed by atoms with Gasteiger partial charge in [0.15, 0.2) is 0 Å². The summed E-state index contributed by atoms with van der Waals surface area (Å²) < 4.78 is 1.85. The van der Waals surface area contributed by atoms with Crippen LogP contribution in [-0.4, -0.2) is 27.6 Å². The maximum atomic E-state index is 12.6.